The van der Waals surface area contributed by atoms with E-state index in [1.807, 2.05) is 0 Å². The van der Waals surface area contributed by atoms with Gasteiger partial charge in [0.15, 0.2) is 11.5 Å². The molecule has 2 N–H and O–H groups in total. The van der Waals surface area contributed by atoms with Crippen LogP contribution >= 0.6 is 27.7 Å². The highest BCUT2D eigenvalue weighted by Gasteiger charge is 2.36. The first kappa shape index (κ1) is 21.7. The summed E-state index contributed by atoms with van der Waals surface area (Å²) in [7, 11) is 2.88. The molecular formula is C20H17BrN2O6S. The van der Waals surface area contributed by atoms with Crippen LogP contribution in [0.1, 0.15) is 5.56 Å². The van der Waals surface area contributed by atoms with Crippen molar-refractivity contribution in [1.29, 1.82) is 0 Å². The van der Waals surface area contributed by atoms with E-state index in [-0.39, 0.29) is 16.4 Å². The van der Waals surface area contributed by atoms with Crippen LogP contribution in [-0.2, 0) is 9.59 Å². The second kappa shape index (κ2) is 9.23. The maximum atomic E-state index is 12.7. The fourth-order valence-corrected chi connectivity index (χ4v) is 3.97. The maximum absolute atomic E-state index is 12.7. The lowest BCUT2D eigenvalue weighted by atomic mass is 10.2. The summed E-state index contributed by atoms with van der Waals surface area (Å²) in [6, 6.07) is 9.77. The number of carbonyl (C=O) groups is 3. The summed E-state index contributed by atoms with van der Waals surface area (Å²) >= 11 is 4.03. The number of carbonyl (C=O) groups excluding carboxylic acids is 3. The van der Waals surface area contributed by atoms with E-state index >= 15 is 0 Å². The van der Waals surface area contributed by atoms with Crippen LogP contribution in [0.15, 0.2) is 45.8 Å². The summed E-state index contributed by atoms with van der Waals surface area (Å²) in [5.74, 6) is -0.497. The first-order valence-corrected chi connectivity index (χ1v) is 10.2. The van der Waals surface area contributed by atoms with E-state index in [0.29, 0.717) is 21.5 Å². The summed E-state index contributed by atoms with van der Waals surface area (Å²) in [6.45, 7) is -0.430. The van der Waals surface area contributed by atoms with Gasteiger partial charge in [-0.25, -0.2) is 0 Å². The number of para-hydroxylation sites is 2. The Kier molecular flexibility index (Phi) is 6.68. The standard InChI is InChI=1S/C20H17BrN2O6S/c1-28-15-6-4-3-5-13(15)22-18(25)10-23-19(26)17(30-20(23)27)8-11-7-16(29-2)14(24)9-12(11)21/h3-9,24H,10H2,1-2H3,(H,22,25)/b17-8-. The van der Waals surface area contributed by atoms with Crippen molar-refractivity contribution in [2.45, 2.75) is 0 Å². The third kappa shape index (κ3) is 4.60. The van der Waals surface area contributed by atoms with Crippen LogP contribution in [0.4, 0.5) is 10.5 Å². The number of ether oxygens (including phenoxy) is 2. The van der Waals surface area contributed by atoms with Gasteiger partial charge in [-0.1, -0.05) is 28.1 Å². The molecule has 30 heavy (non-hydrogen) atoms. The average molecular weight is 493 g/mol. The summed E-state index contributed by atoms with van der Waals surface area (Å²) in [4.78, 5) is 38.4. The van der Waals surface area contributed by atoms with Crippen molar-refractivity contribution in [1.82, 2.24) is 4.90 Å². The number of hydrogen-bond acceptors (Lipinski definition) is 7. The van der Waals surface area contributed by atoms with Crippen molar-refractivity contribution in [3.63, 3.8) is 0 Å². The number of anilines is 1. The number of nitrogens with one attached hydrogen (secondary N) is 1. The van der Waals surface area contributed by atoms with E-state index in [4.69, 9.17) is 9.47 Å². The number of nitrogens with zero attached hydrogens (tertiary/aromatic N) is 1. The second-order valence-corrected chi connectivity index (χ2v) is 7.91. The lowest BCUT2D eigenvalue weighted by molar-refractivity contribution is -0.127. The number of phenols is 1. The molecule has 0 atom stereocenters. The van der Waals surface area contributed by atoms with Crippen LogP contribution in [0.3, 0.4) is 0 Å². The van der Waals surface area contributed by atoms with Gasteiger partial charge in [-0.15, -0.1) is 0 Å². The molecule has 0 saturated carbocycles. The van der Waals surface area contributed by atoms with Crippen molar-refractivity contribution in [2.75, 3.05) is 26.1 Å². The number of imide groups is 1. The van der Waals surface area contributed by atoms with E-state index < -0.39 is 23.6 Å². The number of amides is 3. The predicted molar refractivity (Wildman–Crippen MR) is 117 cm³/mol. The number of rotatable bonds is 6. The van der Waals surface area contributed by atoms with Gasteiger partial charge in [-0.3, -0.25) is 19.3 Å². The molecule has 1 heterocycles. The van der Waals surface area contributed by atoms with Gasteiger partial charge in [0.2, 0.25) is 5.91 Å². The summed E-state index contributed by atoms with van der Waals surface area (Å²) in [5, 5.41) is 11.9. The Balaban J connectivity index is 1.76. The molecule has 0 bridgehead atoms. The van der Waals surface area contributed by atoms with Crippen LogP contribution < -0.4 is 14.8 Å². The minimum absolute atomic E-state index is 0.0670. The Hall–Kier alpha value is -2.98. The Labute approximate surface area is 185 Å². The molecule has 2 aromatic carbocycles. The first-order valence-electron chi connectivity index (χ1n) is 8.58. The molecule has 1 saturated heterocycles. The quantitative estimate of drug-likeness (QED) is 0.589. The lowest BCUT2D eigenvalue weighted by Gasteiger charge is -2.14. The van der Waals surface area contributed by atoms with E-state index in [2.05, 4.69) is 21.2 Å². The molecule has 1 fully saturated rings. The molecule has 3 amide bonds. The number of thioether (sulfide) groups is 1. The summed E-state index contributed by atoms with van der Waals surface area (Å²) in [5.41, 5.74) is 0.973. The predicted octanol–water partition coefficient (Wildman–Crippen LogP) is 3.85. The zero-order valence-corrected chi connectivity index (χ0v) is 18.4. The molecule has 1 aliphatic rings. The Bertz CT molecular complexity index is 1060. The Morgan fingerprint density at radius 3 is 2.60 bits per heavy atom. The van der Waals surface area contributed by atoms with Crippen molar-refractivity contribution >= 4 is 56.5 Å². The van der Waals surface area contributed by atoms with E-state index in [9.17, 15) is 19.5 Å². The van der Waals surface area contributed by atoms with Crippen molar-refractivity contribution in [3.8, 4) is 17.2 Å². The SMILES string of the molecule is COc1cc(/C=C2\SC(=O)N(CC(=O)Nc3ccccc3OC)C2=O)c(Br)cc1O. The molecular weight excluding hydrogens is 476 g/mol. The molecule has 10 heteroatoms. The molecule has 0 aliphatic carbocycles. The summed E-state index contributed by atoms with van der Waals surface area (Å²) in [6.07, 6.45) is 1.50. The van der Waals surface area contributed by atoms with E-state index in [1.165, 1.54) is 32.4 Å². The fraction of sp³-hybridized carbons (Fsp3) is 0.150. The topological polar surface area (TPSA) is 105 Å². The van der Waals surface area contributed by atoms with Gasteiger partial charge in [0.1, 0.15) is 12.3 Å². The molecule has 0 spiro atoms. The lowest BCUT2D eigenvalue weighted by Crippen LogP contribution is -2.36. The minimum atomic E-state index is -0.584. The molecule has 156 valence electrons. The monoisotopic (exact) mass is 492 g/mol. The smallest absolute Gasteiger partial charge is 0.294 e. The third-order valence-electron chi connectivity index (χ3n) is 4.14. The Morgan fingerprint density at radius 1 is 1.20 bits per heavy atom. The highest BCUT2D eigenvalue weighted by Crippen LogP contribution is 2.37. The molecule has 3 rings (SSSR count). The van der Waals surface area contributed by atoms with Gasteiger partial charge in [0, 0.05) is 4.47 Å². The van der Waals surface area contributed by atoms with Crippen molar-refractivity contribution in [2.24, 2.45) is 0 Å². The van der Waals surface area contributed by atoms with Crippen LogP contribution in [0.5, 0.6) is 17.2 Å². The van der Waals surface area contributed by atoms with Gasteiger partial charge < -0.3 is 19.9 Å². The highest BCUT2D eigenvalue weighted by molar-refractivity contribution is 9.10. The van der Waals surface area contributed by atoms with Crippen molar-refractivity contribution in [3.05, 3.63) is 51.3 Å². The molecule has 0 unspecified atom stereocenters. The number of methoxy groups -OCH3 is 2. The van der Waals surface area contributed by atoms with Crippen LogP contribution in [0.25, 0.3) is 6.08 Å². The van der Waals surface area contributed by atoms with Gasteiger partial charge in [-0.2, -0.15) is 0 Å². The number of halogens is 1. The van der Waals surface area contributed by atoms with Gasteiger partial charge in [0.25, 0.3) is 11.1 Å². The molecule has 1 aliphatic heterocycles. The molecule has 8 nitrogen and oxygen atoms in total. The van der Waals surface area contributed by atoms with Gasteiger partial charge in [-0.05, 0) is 47.7 Å². The normalized spacial score (nSPS) is 14.9. The fourth-order valence-electron chi connectivity index (χ4n) is 2.69. The van der Waals surface area contributed by atoms with Crippen LogP contribution in [0, 0.1) is 0 Å². The highest BCUT2D eigenvalue weighted by atomic mass is 79.9. The zero-order valence-electron chi connectivity index (χ0n) is 16.0. The Morgan fingerprint density at radius 2 is 1.90 bits per heavy atom. The maximum Gasteiger partial charge on any atom is 0.294 e. The largest absolute Gasteiger partial charge is 0.504 e. The number of hydrogen-bond donors (Lipinski definition) is 2. The molecule has 0 radical (unpaired) electrons. The van der Waals surface area contributed by atoms with Gasteiger partial charge in [0.05, 0.1) is 24.8 Å². The van der Waals surface area contributed by atoms with Crippen molar-refractivity contribution < 1.29 is 29.0 Å². The number of phenolic OH excluding ortho intramolecular Hbond substituents is 1. The van der Waals surface area contributed by atoms with E-state index in [1.54, 1.807) is 24.3 Å². The van der Waals surface area contributed by atoms with Crippen LogP contribution in [-0.4, -0.2) is 47.8 Å². The second-order valence-electron chi connectivity index (χ2n) is 6.06. The number of benzene rings is 2. The zero-order chi connectivity index (χ0) is 21.8. The molecule has 0 aromatic heterocycles. The van der Waals surface area contributed by atoms with Gasteiger partial charge >= 0.3 is 0 Å². The third-order valence-corrected chi connectivity index (χ3v) is 5.74. The molecule has 2 aromatic rings. The number of aromatic hydroxyl groups is 1. The van der Waals surface area contributed by atoms with Crippen LogP contribution in [0.2, 0.25) is 0 Å². The van der Waals surface area contributed by atoms with E-state index in [0.717, 1.165) is 16.7 Å². The minimum Gasteiger partial charge on any atom is -0.504 e. The average Bonchev–Trinajstić information content (AvgIpc) is 2.97. The summed E-state index contributed by atoms with van der Waals surface area (Å²) < 4.78 is 10.8. The first-order chi connectivity index (χ1) is 14.3.